The van der Waals surface area contributed by atoms with Gasteiger partial charge in [0.05, 0.1) is 17.0 Å². The normalized spacial score (nSPS) is 12.3. The first-order valence-electron chi connectivity index (χ1n) is 5.66. The van der Waals surface area contributed by atoms with Gasteiger partial charge in [0.2, 0.25) is 5.91 Å². The smallest absolute Gasteiger partial charge is 0.341 e. The zero-order chi connectivity index (χ0) is 13.7. The first-order chi connectivity index (χ1) is 8.47. The number of amides is 1. The molecule has 1 unspecified atom stereocenters. The molecule has 1 amide bonds. The van der Waals surface area contributed by atoms with Crippen molar-refractivity contribution in [1.82, 2.24) is 0 Å². The van der Waals surface area contributed by atoms with Crippen molar-refractivity contribution >= 4 is 44.1 Å². The highest BCUT2D eigenvalue weighted by Gasteiger charge is 2.22. The van der Waals surface area contributed by atoms with Crippen molar-refractivity contribution in [3.63, 3.8) is 0 Å². The molecule has 0 spiro atoms. The molecule has 0 aliphatic rings. The van der Waals surface area contributed by atoms with Crippen LogP contribution in [0.1, 0.15) is 31.1 Å². The maximum atomic E-state index is 11.9. The van der Waals surface area contributed by atoms with Crippen molar-refractivity contribution in [2.24, 2.45) is 5.92 Å². The van der Waals surface area contributed by atoms with E-state index < -0.39 is 5.97 Å². The number of ether oxygens (including phenoxy) is 1. The van der Waals surface area contributed by atoms with Gasteiger partial charge in [-0.05, 0) is 24.3 Å². The third kappa shape index (κ3) is 3.81. The number of nitrogens with one attached hydrogen (secondary N) is 1. The SMILES string of the molecule is CCOC(=O)c1ccsc1NC(=O)C(Br)C(C)C. The molecular formula is C12H16BrNO3S. The topological polar surface area (TPSA) is 55.4 Å². The van der Waals surface area contributed by atoms with Gasteiger partial charge in [-0.15, -0.1) is 11.3 Å². The molecule has 0 saturated carbocycles. The molecule has 4 nitrogen and oxygen atoms in total. The number of esters is 1. The van der Waals surface area contributed by atoms with E-state index in [1.807, 2.05) is 13.8 Å². The van der Waals surface area contributed by atoms with Gasteiger partial charge in [-0.25, -0.2) is 4.79 Å². The van der Waals surface area contributed by atoms with Crippen molar-refractivity contribution in [3.05, 3.63) is 17.0 Å². The number of rotatable bonds is 5. The van der Waals surface area contributed by atoms with Crippen LogP contribution in [0.3, 0.4) is 0 Å². The highest BCUT2D eigenvalue weighted by molar-refractivity contribution is 9.10. The van der Waals surface area contributed by atoms with E-state index in [0.717, 1.165) is 0 Å². The van der Waals surface area contributed by atoms with Gasteiger partial charge in [0, 0.05) is 0 Å². The number of hydrogen-bond acceptors (Lipinski definition) is 4. The number of carbonyl (C=O) groups is 2. The second kappa shape index (κ2) is 6.89. The summed E-state index contributed by atoms with van der Waals surface area (Å²) in [6.45, 7) is 5.95. The van der Waals surface area contributed by atoms with E-state index in [-0.39, 0.29) is 16.7 Å². The molecule has 1 heterocycles. The Morgan fingerprint density at radius 1 is 1.50 bits per heavy atom. The van der Waals surface area contributed by atoms with E-state index >= 15 is 0 Å². The number of anilines is 1. The van der Waals surface area contributed by atoms with Gasteiger partial charge in [-0.2, -0.15) is 0 Å². The molecule has 0 fully saturated rings. The lowest BCUT2D eigenvalue weighted by Gasteiger charge is -2.13. The fourth-order valence-corrected chi connectivity index (χ4v) is 2.15. The lowest BCUT2D eigenvalue weighted by atomic mass is 10.1. The van der Waals surface area contributed by atoms with Crippen molar-refractivity contribution < 1.29 is 14.3 Å². The molecular weight excluding hydrogens is 318 g/mol. The van der Waals surface area contributed by atoms with E-state index in [4.69, 9.17) is 4.74 Å². The average Bonchev–Trinajstić information content (AvgIpc) is 2.76. The van der Waals surface area contributed by atoms with Gasteiger partial charge >= 0.3 is 5.97 Å². The van der Waals surface area contributed by atoms with Crippen LogP contribution in [-0.4, -0.2) is 23.3 Å². The molecule has 18 heavy (non-hydrogen) atoms. The van der Waals surface area contributed by atoms with Crippen molar-refractivity contribution in [2.45, 2.75) is 25.6 Å². The van der Waals surface area contributed by atoms with Crippen LogP contribution in [0.4, 0.5) is 5.00 Å². The number of carbonyl (C=O) groups excluding carboxylic acids is 2. The molecule has 6 heteroatoms. The van der Waals surface area contributed by atoms with Crippen LogP contribution in [0.2, 0.25) is 0 Å². The fraction of sp³-hybridized carbons (Fsp3) is 0.500. The standard InChI is InChI=1S/C12H16BrNO3S/c1-4-17-12(16)8-5-6-18-11(8)14-10(15)9(13)7(2)3/h5-7,9H,4H2,1-3H3,(H,14,15). The molecule has 1 aromatic rings. The summed E-state index contributed by atoms with van der Waals surface area (Å²) in [6, 6.07) is 1.65. The zero-order valence-electron chi connectivity index (χ0n) is 10.5. The van der Waals surface area contributed by atoms with Crippen LogP contribution in [0.15, 0.2) is 11.4 Å². The maximum Gasteiger partial charge on any atom is 0.341 e. The molecule has 0 aromatic carbocycles. The Morgan fingerprint density at radius 2 is 2.17 bits per heavy atom. The van der Waals surface area contributed by atoms with Crippen LogP contribution >= 0.6 is 27.3 Å². The summed E-state index contributed by atoms with van der Waals surface area (Å²) in [5.41, 5.74) is 0.402. The van der Waals surface area contributed by atoms with Crippen LogP contribution in [0.5, 0.6) is 0 Å². The minimum Gasteiger partial charge on any atom is -0.462 e. The summed E-state index contributed by atoms with van der Waals surface area (Å²) in [6.07, 6.45) is 0. The summed E-state index contributed by atoms with van der Waals surface area (Å²) >= 11 is 4.63. The van der Waals surface area contributed by atoms with Crippen molar-refractivity contribution in [2.75, 3.05) is 11.9 Å². The molecule has 100 valence electrons. The number of alkyl halides is 1. The monoisotopic (exact) mass is 333 g/mol. The van der Waals surface area contributed by atoms with Crippen molar-refractivity contribution in [3.8, 4) is 0 Å². The molecule has 0 aliphatic heterocycles. The van der Waals surface area contributed by atoms with E-state index in [1.54, 1.807) is 18.4 Å². The van der Waals surface area contributed by atoms with Gasteiger partial charge in [-0.3, -0.25) is 4.79 Å². The van der Waals surface area contributed by atoms with E-state index in [9.17, 15) is 9.59 Å². The molecule has 1 N–H and O–H groups in total. The van der Waals surface area contributed by atoms with Crippen LogP contribution < -0.4 is 5.32 Å². The van der Waals surface area contributed by atoms with Crippen LogP contribution in [-0.2, 0) is 9.53 Å². The highest BCUT2D eigenvalue weighted by atomic mass is 79.9. The molecule has 0 saturated heterocycles. The number of halogens is 1. The summed E-state index contributed by atoms with van der Waals surface area (Å²) < 4.78 is 4.92. The highest BCUT2D eigenvalue weighted by Crippen LogP contribution is 2.25. The van der Waals surface area contributed by atoms with Gasteiger partial charge in [0.15, 0.2) is 0 Å². The van der Waals surface area contributed by atoms with Crippen molar-refractivity contribution in [1.29, 1.82) is 0 Å². The lowest BCUT2D eigenvalue weighted by molar-refractivity contribution is -0.116. The summed E-state index contributed by atoms with van der Waals surface area (Å²) in [5.74, 6) is -0.390. The minimum atomic E-state index is -0.412. The minimum absolute atomic E-state index is 0.155. The summed E-state index contributed by atoms with van der Waals surface area (Å²) in [5, 5.41) is 5.02. The fourth-order valence-electron chi connectivity index (χ4n) is 1.26. The molecule has 1 aromatic heterocycles. The van der Waals surface area contributed by atoms with Gasteiger partial charge < -0.3 is 10.1 Å². The molecule has 1 rings (SSSR count). The van der Waals surface area contributed by atoms with E-state index in [2.05, 4.69) is 21.2 Å². The second-order valence-corrected chi connectivity index (χ2v) is 5.92. The number of hydrogen-bond donors (Lipinski definition) is 1. The van der Waals surface area contributed by atoms with Crippen LogP contribution in [0, 0.1) is 5.92 Å². The predicted octanol–water partition coefficient (Wildman–Crippen LogP) is 3.28. The maximum absolute atomic E-state index is 11.9. The second-order valence-electron chi connectivity index (χ2n) is 4.02. The first-order valence-corrected chi connectivity index (χ1v) is 7.46. The summed E-state index contributed by atoms with van der Waals surface area (Å²) in [4.78, 5) is 23.2. The van der Waals surface area contributed by atoms with E-state index in [1.165, 1.54) is 11.3 Å². The van der Waals surface area contributed by atoms with Crippen LogP contribution in [0.25, 0.3) is 0 Å². The van der Waals surface area contributed by atoms with Gasteiger partial charge in [-0.1, -0.05) is 29.8 Å². The Hall–Kier alpha value is -0.880. The first kappa shape index (κ1) is 15.2. The predicted molar refractivity (Wildman–Crippen MR) is 76.5 cm³/mol. The average molecular weight is 334 g/mol. The number of thiophene rings is 1. The Bertz CT molecular complexity index is 431. The molecule has 0 radical (unpaired) electrons. The summed E-state index contributed by atoms with van der Waals surface area (Å²) in [7, 11) is 0. The Labute approximate surface area is 119 Å². The third-order valence-electron chi connectivity index (χ3n) is 2.23. The molecule has 1 atom stereocenters. The zero-order valence-corrected chi connectivity index (χ0v) is 12.9. The van der Waals surface area contributed by atoms with Gasteiger partial charge in [0.25, 0.3) is 0 Å². The lowest BCUT2D eigenvalue weighted by Crippen LogP contribution is -2.27. The van der Waals surface area contributed by atoms with Gasteiger partial charge in [0.1, 0.15) is 5.00 Å². The third-order valence-corrected chi connectivity index (χ3v) is 4.54. The Balaban J connectivity index is 2.77. The Kier molecular flexibility index (Phi) is 5.81. The van der Waals surface area contributed by atoms with E-state index in [0.29, 0.717) is 17.2 Å². The largest absolute Gasteiger partial charge is 0.462 e. The molecule has 0 bridgehead atoms. The Morgan fingerprint density at radius 3 is 2.72 bits per heavy atom. The quantitative estimate of drug-likeness (QED) is 0.664. The molecule has 0 aliphatic carbocycles.